The summed E-state index contributed by atoms with van der Waals surface area (Å²) < 4.78 is 5.59. The monoisotopic (exact) mass is 223 g/mol. The third-order valence-corrected chi connectivity index (χ3v) is 2.39. The lowest BCUT2D eigenvalue weighted by Gasteiger charge is -2.07. The summed E-state index contributed by atoms with van der Waals surface area (Å²) in [7, 11) is 0. The summed E-state index contributed by atoms with van der Waals surface area (Å²) in [6.45, 7) is 1.63. The van der Waals surface area contributed by atoms with Crippen molar-refractivity contribution in [1.82, 2.24) is 0 Å². The van der Waals surface area contributed by atoms with Crippen molar-refractivity contribution < 1.29 is 9.84 Å². The van der Waals surface area contributed by atoms with Crippen molar-refractivity contribution in [2.75, 3.05) is 19.8 Å². The molecular formula is C13H21NO2. The highest BCUT2D eigenvalue weighted by atomic mass is 16.5. The molecule has 0 radical (unpaired) electrons. The number of hydrogen-bond acceptors (Lipinski definition) is 3. The zero-order chi connectivity index (χ0) is 11.6. The van der Waals surface area contributed by atoms with Crippen molar-refractivity contribution in [2.45, 2.75) is 25.7 Å². The first-order valence-corrected chi connectivity index (χ1v) is 5.89. The highest BCUT2D eigenvalue weighted by Gasteiger charge is 1.97. The van der Waals surface area contributed by atoms with Crippen LogP contribution in [0.2, 0.25) is 0 Å². The van der Waals surface area contributed by atoms with E-state index in [1.54, 1.807) is 0 Å². The van der Waals surface area contributed by atoms with Crippen LogP contribution in [0.4, 0.5) is 0 Å². The maximum atomic E-state index is 8.64. The van der Waals surface area contributed by atoms with Crippen molar-refractivity contribution in [2.24, 2.45) is 5.73 Å². The minimum Gasteiger partial charge on any atom is -0.494 e. The van der Waals surface area contributed by atoms with E-state index in [1.807, 2.05) is 12.1 Å². The second kappa shape index (κ2) is 8.13. The summed E-state index contributed by atoms with van der Waals surface area (Å²) in [5.74, 6) is 0.910. The lowest BCUT2D eigenvalue weighted by Crippen LogP contribution is -2.01. The fourth-order valence-electron chi connectivity index (χ4n) is 1.50. The molecule has 0 amide bonds. The Labute approximate surface area is 97.2 Å². The van der Waals surface area contributed by atoms with E-state index in [0.717, 1.165) is 38.0 Å². The van der Waals surface area contributed by atoms with Crippen molar-refractivity contribution in [3.05, 3.63) is 29.8 Å². The Hall–Kier alpha value is -1.06. The average molecular weight is 223 g/mol. The first-order valence-electron chi connectivity index (χ1n) is 5.89. The average Bonchev–Trinajstić information content (AvgIpc) is 2.33. The Bertz CT molecular complexity index is 289. The molecule has 0 saturated heterocycles. The predicted octanol–water partition coefficient (Wildman–Crippen LogP) is 1.73. The molecule has 3 heteroatoms. The topological polar surface area (TPSA) is 55.5 Å². The smallest absolute Gasteiger partial charge is 0.119 e. The van der Waals surface area contributed by atoms with Gasteiger partial charge in [0, 0.05) is 6.61 Å². The zero-order valence-corrected chi connectivity index (χ0v) is 9.69. The summed E-state index contributed by atoms with van der Waals surface area (Å²) in [4.78, 5) is 0. The third kappa shape index (κ3) is 5.14. The second-order valence-corrected chi connectivity index (χ2v) is 3.82. The number of aryl methyl sites for hydroxylation is 1. The van der Waals surface area contributed by atoms with Crippen LogP contribution < -0.4 is 10.5 Å². The number of rotatable bonds is 8. The molecule has 0 aliphatic rings. The molecular weight excluding hydrogens is 202 g/mol. The van der Waals surface area contributed by atoms with Gasteiger partial charge in [0.15, 0.2) is 0 Å². The minimum atomic E-state index is 0.236. The van der Waals surface area contributed by atoms with Gasteiger partial charge >= 0.3 is 0 Å². The fourth-order valence-corrected chi connectivity index (χ4v) is 1.50. The Kier molecular flexibility index (Phi) is 6.61. The number of hydrogen-bond donors (Lipinski definition) is 2. The minimum absolute atomic E-state index is 0.236. The molecule has 0 heterocycles. The van der Waals surface area contributed by atoms with Gasteiger partial charge in [0.25, 0.3) is 0 Å². The standard InChI is InChI=1S/C13H21NO2/c14-8-4-6-12-5-3-7-13(11-12)16-10-2-1-9-15/h3,5,7,11,15H,1-2,4,6,8-10,14H2. The summed E-state index contributed by atoms with van der Waals surface area (Å²) in [5.41, 5.74) is 6.74. The molecule has 0 bridgehead atoms. The molecule has 90 valence electrons. The van der Waals surface area contributed by atoms with E-state index in [2.05, 4.69) is 12.1 Å². The quantitative estimate of drug-likeness (QED) is 0.660. The molecule has 0 fully saturated rings. The van der Waals surface area contributed by atoms with Crippen LogP contribution >= 0.6 is 0 Å². The first kappa shape index (κ1) is 13.0. The van der Waals surface area contributed by atoms with Gasteiger partial charge < -0.3 is 15.6 Å². The van der Waals surface area contributed by atoms with E-state index in [9.17, 15) is 0 Å². The van der Waals surface area contributed by atoms with Crippen LogP contribution in [0.25, 0.3) is 0 Å². The predicted molar refractivity (Wildman–Crippen MR) is 65.6 cm³/mol. The molecule has 0 unspecified atom stereocenters. The van der Waals surface area contributed by atoms with E-state index < -0.39 is 0 Å². The first-order chi connectivity index (χ1) is 7.86. The van der Waals surface area contributed by atoms with Crippen LogP contribution in [0.5, 0.6) is 5.75 Å². The van der Waals surface area contributed by atoms with Crippen LogP contribution in [-0.2, 0) is 6.42 Å². The van der Waals surface area contributed by atoms with Gasteiger partial charge in [0.05, 0.1) is 6.61 Å². The number of aliphatic hydroxyl groups is 1. The molecule has 0 aromatic heterocycles. The molecule has 3 N–H and O–H groups in total. The van der Waals surface area contributed by atoms with Crippen molar-refractivity contribution in [3.8, 4) is 5.75 Å². The van der Waals surface area contributed by atoms with Crippen LogP contribution in [0, 0.1) is 0 Å². The van der Waals surface area contributed by atoms with Crippen LogP contribution in [-0.4, -0.2) is 24.9 Å². The highest BCUT2D eigenvalue weighted by molar-refractivity contribution is 5.28. The number of unbranched alkanes of at least 4 members (excludes halogenated alkanes) is 1. The van der Waals surface area contributed by atoms with Gasteiger partial charge in [0.2, 0.25) is 0 Å². The molecule has 0 atom stereocenters. The van der Waals surface area contributed by atoms with Gasteiger partial charge in [-0.3, -0.25) is 0 Å². The van der Waals surface area contributed by atoms with Gasteiger partial charge in [-0.1, -0.05) is 12.1 Å². The normalized spacial score (nSPS) is 10.4. The number of benzene rings is 1. The molecule has 16 heavy (non-hydrogen) atoms. The Balaban J connectivity index is 2.35. The van der Waals surface area contributed by atoms with Gasteiger partial charge in [-0.25, -0.2) is 0 Å². The zero-order valence-electron chi connectivity index (χ0n) is 9.69. The molecule has 0 spiro atoms. The number of ether oxygens (including phenoxy) is 1. The Morgan fingerprint density at radius 2 is 2.06 bits per heavy atom. The highest BCUT2D eigenvalue weighted by Crippen LogP contribution is 2.14. The summed E-state index contributed by atoms with van der Waals surface area (Å²) in [5, 5.41) is 8.64. The molecule has 0 aliphatic heterocycles. The lowest BCUT2D eigenvalue weighted by molar-refractivity contribution is 0.253. The summed E-state index contributed by atoms with van der Waals surface area (Å²) in [6, 6.07) is 8.13. The molecule has 1 aromatic carbocycles. The van der Waals surface area contributed by atoms with Crippen molar-refractivity contribution in [1.29, 1.82) is 0 Å². The van der Waals surface area contributed by atoms with Gasteiger partial charge in [-0.05, 0) is 49.9 Å². The van der Waals surface area contributed by atoms with Crippen molar-refractivity contribution in [3.63, 3.8) is 0 Å². The third-order valence-electron chi connectivity index (χ3n) is 2.39. The van der Waals surface area contributed by atoms with E-state index >= 15 is 0 Å². The summed E-state index contributed by atoms with van der Waals surface area (Å²) >= 11 is 0. The lowest BCUT2D eigenvalue weighted by atomic mass is 10.1. The molecule has 1 aromatic rings. The van der Waals surface area contributed by atoms with Crippen LogP contribution in [0.3, 0.4) is 0 Å². The molecule has 1 rings (SSSR count). The fraction of sp³-hybridized carbons (Fsp3) is 0.538. The maximum Gasteiger partial charge on any atom is 0.119 e. The number of nitrogens with two attached hydrogens (primary N) is 1. The molecule has 3 nitrogen and oxygen atoms in total. The SMILES string of the molecule is NCCCc1cccc(OCCCCO)c1. The molecule has 0 saturated carbocycles. The largest absolute Gasteiger partial charge is 0.494 e. The van der Waals surface area contributed by atoms with Crippen LogP contribution in [0.15, 0.2) is 24.3 Å². The van der Waals surface area contributed by atoms with Crippen LogP contribution in [0.1, 0.15) is 24.8 Å². The van der Waals surface area contributed by atoms with E-state index in [-0.39, 0.29) is 6.61 Å². The summed E-state index contributed by atoms with van der Waals surface area (Å²) in [6.07, 6.45) is 3.70. The Morgan fingerprint density at radius 1 is 1.19 bits per heavy atom. The van der Waals surface area contributed by atoms with Gasteiger partial charge in [-0.2, -0.15) is 0 Å². The second-order valence-electron chi connectivity index (χ2n) is 3.82. The maximum absolute atomic E-state index is 8.64. The van der Waals surface area contributed by atoms with E-state index in [1.165, 1.54) is 5.56 Å². The van der Waals surface area contributed by atoms with Gasteiger partial charge in [-0.15, -0.1) is 0 Å². The molecule has 0 aliphatic carbocycles. The number of aliphatic hydroxyl groups excluding tert-OH is 1. The van der Waals surface area contributed by atoms with Crippen molar-refractivity contribution >= 4 is 0 Å². The van der Waals surface area contributed by atoms with E-state index in [0.29, 0.717) is 6.61 Å². The Morgan fingerprint density at radius 3 is 2.81 bits per heavy atom. The van der Waals surface area contributed by atoms with E-state index in [4.69, 9.17) is 15.6 Å². The van der Waals surface area contributed by atoms with Gasteiger partial charge in [0.1, 0.15) is 5.75 Å².